The van der Waals surface area contributed by atoms with Crippen molar-refractivity contribution in [1.82, 2.24) is 4.98 Å². The lowest BCUT2D eigenvalue weighted by Gasteiger charge is -2.13. The van der Waals surface area contributed by atoms with Crippen LogP contribution in [0.2, 0.25) is 0 Å². The van der Waals surface area contributed by atoms with Crippen LogP contribution >= 0.6 is 15.9 Å². The zero-order chi connectivity index (χ0) is 10.7. The summed E-state index contributed by atoms with van der Waals surface area (Å²) in [6.07, 6.45) is 0. The van der Waals surface area contributed by atoms with Crippen molar-refractivity contribution in [2.45, 2.75) is 20.8 Å². The van der Waals surface area contributed by atoms with Crippen LogP contribution in [0.4, 0.5) is 0 Å². The quantitative estimate of drug-likeness (QED) is 0.618. The summed E-state index contributed by atoms with van der Waals surface area (Å²) in [5.74, 6) is 0.813. The van der Waals surface area contributed by atoms with Gasteiger partial charge in [-0.05, 0) is 47.8 Å². The van der Waals surface area contributed by atoms with E-state index in [4.69, 9.17) is 9.47 Å². The number of hydrogen-bond acceptors (Lipinski definition) is 3. The Hall–Kier alpha value is -0.610. The molecule has 0 saturated carbocycles. The number of rotatable bonds is 3. The molecule has 0 fully saturated rings. The van der Waals surface area contributed by atoms with Crippen LogP contribution in [0.3, 0.4) is 0 Å². The maximum atomic E-state index is 5.45. The SMILES string of the molecule is COCOc1c(C)nc(Br)c(C)c1C. The van der Waals surface area contributed by atoms with Crippen LogP contribution in [0.25, 0.3) is 0 Å². The summed E-state index contributed by atoms with van der Waals surface area (Å²) < 4.78 is 11.2. The number of pyridine rings is 1. The Morgan fingerprint density at radius 3 is 2.43 bits per heavy atom. The van der Waals surface area contributed by atoms with Crippen LogP contribution in [0.15, 0.2) is 4.60 Å². The Morgan fingerprint density at radius 1 is 1.21 bits per heavy atom. The van der Waals surface area contributed by atoms with Crippen molar-refractivity contribution in [3.8, 4) is 5.75 Å². The van der Waals surface area contributed by atoms with Crippen LogP contribution in [0, 0.1) is 20.8 Å². The minimum atomic E-state index is 0.254. The smallest absolute Gasteiger partial charge is 0.188 e. The molecule has 0 radical (unpaired) electrons. The van der Waals surface area contributed by atoms with Gasteiger partial charge in [-0.1, -0.05) is 0 Å². The van der Waals surface area contributed by atoms with E-state index in [2.05, 4.69) is 20.9 Å². The van der Waals surface area contributed by atoms with Crippen LogP contribution in [0.1, 0.15) is 16.8 Å². The Morgan fingerprint density at radius 2 is 1.86 bits per heavy atom. The van der Waals surface area contributed by atoms with E-state index >= 15 is 0 Å². The Kier molecular flexibility index (Phi) is 3.89. The number of methoxy groups -OCH3 is 1. The fraction of sp³-hybridized carbons (Fsp3) is 0.500. The van der Waals surface area contributed by atoms with Gasteiger partial charge in [0.05, 0.1) is 5.69 Å². The molecule has 3 nitrogen and oxygen atoms in total. The Balaban J connectivity index is 3.09. The summed E-state index contributed by atoms with van der Waals surface area (Å²) in [6.45, 7) is 6.19. The molecule has 78 valence electrons. The molecule has 0 atom stereocenters. The van der Waals surface area contributed by atoms with Gasteiger partial charge in [0.15, 0.2) is 6.79 Å². The second kappa shape index (κ2) is 4.75. The molecule has 4 heteroatoms. The average molecular weight is 260 g/mol. The topological polar surface area (TPSA) is 31.4 Å². The number of aromatic nitrogens is 1. The lowest BCUT2D eigenvalue weighted by molar-refractivity contribution is 0.0497. The molecule has 0 aromatic carbocycles. The Labute approximate surface area is 92.6 Å². The molecule has 1 rings (SSSR count). The monoisotopic (exact) mass is 259 g/mol. The van der Waals surface area contributed by atoms with Gasteiger partial charge in [0.1, 0.15) is 10.4 Å². The molecule has 0 aliphatic carbocycles. The van der Waals surface area contributed by atoms with Crippen LogP contribution < -0.4 is 4.74 Å². The minimum absolute atomic E-state index is 0.254. The predicted octanol–water partition coefficient (Wildman–Crippen LogP) is 2.75. The predicted molar refractivity (Wildman–Crippen MR) is 58.7 cm³/mol. The molecule has 1 heterocycles. The molecule has 0 aliphatic rings. The number of aryl methyl sites for hydroxylation is 1. The number of hydrogen-bond donors (Lipinski definition) is 0. The third kappa shape index (κ3) is 2.25. The molecule has 0 bridgehead atoms. The molecule has 0 unspecified atom stereocenters. The second-order valence-electron chi connectivity index (χ2n) is 3.12. The van der Waals surface area contributed by atoms with Gasteiger partial charge in [0, 0.05) is 7.11 Å². The van der Waals surface area contributed by atoms with Crippen LogP contribution in [-0.4, -0.2) is 18.9 Å². The zero-order valence-electron chi connectivity index (χ0n) is 8.85. The molecule has 14 heavy (non-hydrogen) atoms. The van der Waals surface area contributed by atoms with E-state index in [1.165, 1.54) is 0 Å². The summed E-state index contributed by atoms with van der Waals surface area (Å²) in [6, 6.07) is 0. The molecule has 0 amide bonds. The van der Waals surface area contributed by atoms with Gasteiger partial charge in [-0.25, -0.2) is 4.98 Å². The largest absolute Gasteiger partial charge is 0.465 e. The van der Waals surface area contributed by atoms with E-state index in [0.717, 1.165) is 27.2 Å². The van der Waals surface area contributed by atoms with E-state index in [1.807, 2.05) is 20.8 Å². The highest BCUT2D eigenvalue weighted by Crippen LogP contribution is 2.28. The Bertz CT molecular complexity index is 339. The van der Waals surface area contributed by atoms with E-state index in [-0.39, 0.29) is 6.79 Å². The summed E-state index contributed by atoms with van der Waals surface area (Å²) >= 11 is 3.40. The van der Waals surface area contributed by atoms with Gasteiger partial charge >= 0.3 is 0 Å². The standard InChI is InChI=1S/C10H14BrNO2/c1-6-7(2)10(11)12-8(3)9(6)14-5-13-4/h5H2,1-4H3. The van der Waals surface area contributed by atoms with Gasteiger partial charge < -0.3 is 9.47 Å². The fourth-order valence-electron chi connectivity index (χ4n) is 1.21. The summed E-state index contributed by atoms with van der Waals surface area (Å²) in [5, 5.41) is 0. The van der Waals surface area contributed by atoms with Crippen molar-refractivity contribution in [2.24, 2.45) is 0 Å². The summed E-state index contributed by atoms with van der Waals surface area (Å²) in [5.41, 5.74) is 3.07. The molecule has 0 saturated heterocycles. The maximum absolute atomic E-state index is 5.45. The van der Waals surface area contributed by atoms with E-state index in [0.29, 0.717) is 0 Å². The van der Waals surface area contributed by atoms with Crippen molar-refractivity contribution in [3.63, 3.8) is 0 Å². The van der Waals surface area contributed by atoms with Crippen LogP contribution in [-0.2, 0) is 4.74 Å². The first-order chi connectivity index (χ1) is 6.57. The van der Waals surface area contributed by atoms with Crippen molar-refractivity contribution >= 4 is 15.9 Å². The molecule has 0 spiro atoms. The van der Waals surface area contributed by atoms with Crippen molar-refractivity contribution in [1.29, 1.82) is 0 Å². The molecule has 0 N–H and O–H groups in total. The molecule has 1 aromatic heterocycles. The number of nitrogens with zero attached hydrogens (tertiary/aromatic N) is 1. The van der Waals surface area contributed by atoms with Gasteiger partial charge in [-0.2, -0.15) is 0 Å². The third-order valence-electron chi connectivity index (χ3n) is 2.13. The number of halogens is 1. The third-order valence-corrected chi connectivity index (χ3v) is 2.90. The first-order valence-corrected chi connectivity index (χ1v) is 5.12. The van der Waals surface area contributed by atoms with E-state index in [1.54, 1.807) is 7.11 Å². The summed E-state index contributed by atoms with van der Waals surface area (Å²) in [4.78, 5) is 4.32. The minimum Gasteiger partial charge on any atom is -0.465 e. The maximum Gasteiger partial charge on any atom is 0.188 e. The summed E-state index contributed by atoms with van der Waals surface area (Å²) in [7, 11) is 1.60. The molecular formula is C10H14BrNO2. The molecule has 0 aliphatic heterocycles. The highest BCUT2D eigenvalue weighted by molar-refractivity contribution is 9.10. The fourth-order valence-corrected chi connectivity index (χ4v) is 1.77. The average Bonchev–Trinajstić information content (AvgIpc) is 2.14. The van der Waals surface area contributed by atoms with Gasteiger partial charge in [0.25, 0.3) is 0 Å². The van der Waals surface area contributed by atoms with Crippen LogP contribution in [0.5, 0.6) is 5.75 Å². The van der Waals surface area contributed by atoms with Crippen molar-refractivity contribution < 1.29 is 9.47 Å². The lowest BCUT2D eigenvalue weighted by Crippen LogP contribution is -2.04. The zero-order valence-corrected chi connectivity index (χ0v) is 10.4. The highest BCUT2D eigenvalue weighted by Gasteiger charge is 2.10. The van der Waals surface area contributed by atoms with E-state index in [9.17, 15) is 0 Å². The first-order valence-electron chi connectivity index (χ1n) is 4.33. The second-order valence-corrected chi connectivity index (χ2v) is 3.87. The van der Waals surface area contributed by atoms with Gasteiger partial charge in [0.2, 0.25) is 0 Å². The normalized spacial score (nSPS) is 10.4. The van der Waals surface area contributed by atoms with Gasteiger partial charge in [-0.15, -0.1) is 0 Å². The first kappa shape index (κ1) is 11.5. The molecular weight excluding hydrogens is 246 g/mol. The number of ether oxygens (including phenoxy) is 2. The van der Waals surface area contributed by atoms with E-state index < -0.39 is 0 Å². The van der Waals surface area contributed by atoms with Crippen molar-refractivity contribution in [2.75, 3.05) is 13.9 Å². The van der Waals surface area contributed by atoms with Crippen molar-refractivity contribution in [3.05, 3.63) is 21.4 Å². The molecule has 1 aromatic rings. The van der Waals surface area contributed by atoms with Gasteiger partial charge in [-0.3, -0.25) is 0 Å². The highest BCUT2D eigenvalue weighted by atomic mass is 79.9. The lowest BCUT2D eigenvalue weighted by atomic mass is 10.1.